The van der Waals surface area contributed by atoms with Crippen molar-refractivity contribution in [2.24, 2.45) is 0 Å². The molecule has 0 radical (unpaired) electrons. The van der Waals surface area contributed by atoms with Crippen molar-refractivity contribution >= 4 is 41.9 Å². The van der Waals surface area contributed by atoms with Gasteiger partial charge in [0.2, 0.25) is 10.0 Å². The van der Waals surface area contributed by atoms with Gasteiger partial charge >= 0.3 is 0 Å². The molecule has 1 atom stereocenters. The van der Waals surface area contributed by atoms with Gasteiger partial charge in [-0.15, -0.1) is 0 Å². The number of hydrogen-bond acceptors (Lipinski definition) is 3. The average molecular weight is 387 g/mol. The van der Waals surface area contributed by atoms with Crippen molar-refractivity contribution < 1.29 is 13.5 Å². The van der Waals surface area contributed by atoms with E-state index >= 15 is 0 Å². The Kier molecular flexibility index (Phi) is 5.59. The van der Waals surface area contributed by atoms with Crippen LogP contribution in [0.2, 0.25) is 0 Å². The fourth-order valence-corrected chi connectivity index (χ4v) is 3.96. The lowest BCUT2D eigenvalue weighted by Crippen LogP contribution is -2.27. The molecular formula is C10H13Br2NO3S. The van der Waals surface area contributed by atoms with Crippen molar-refractivity contribution in [1.82, 2.24) is 4.72 Å². The molecule has 1 aromatic carbocycles. The van der Waals surface area contributed by atoms with Crippen molar-refractivity contribution in [2.75, 3.05) is 6.54 Å². The summed E-state index contributed by atoms with van der Waals surface area (Å²) >= 11 is 6.46. The van der Waals surface area contributed by atoms with E-state index in [-0.39, 0.29) is 11.4 Å². The third kappa shape index (κ3) is 4.67. The molecule has 0 aliphatic heterocycles. The van der Waals surface area contributed by atoms with Crippen LogP contribution in [0.5, 0.6) is 0 Å². The summed E-state index contributed by atoms with van der Waals surface area (Å²) in [6.07, 6.45) is -0.140. The van der Waals surface area contributed by atoms with Gasteiger partial charge in [0.25, 0.3) is 0 Å². The van der Waals surface area contributed by atoms with Crippen molar-refractivity contribution in [2.45, 2.75) is 24.3 Å². The Morgan fingerprint density at radius 2 is 2.06 bits per heavy atom. The van der Waals surface area contributed by atoms with Crippen LogP contribution in [-0.4, -0.2) is 26.2 Å². The van der Waals surface area contributed by atoms with Gasteiger partial charge in [-0.3, -0.25) is 0 Å². The smallest absolute Gasteiger partial charge is 0.241 e. The van der Waals surface area contributed by atoms with E-state index in [9.17, 15) is 8.42 Å². The highest BCUT2D eigenvalue weighted by molar-refractivity contribution is 9.11. The number of aliphatic hydroxyl groups excluding tert-OH is 1. The summed E-state index contributed by atoms with van der Waals surface area (Å²) in [4.78, 5) is 0.186. The molecule has 1 rings (SSSR count). The summed E-state index contributed by atoms with van der Waals surface area (Å²) in [5, 5.41) is 9.06. The lowest BCUT2D eigenvalue weighted by molar-refractivity contribution is 0.186. The van der Waals surface area contributed by atoms with Crippen LogP contribution in [0.4, 0.5) is 0 Å². The van der Waals surface area contributed by atoms with Gasteiger partial charge in [0.05, 0.1) is 11.0 Å². The quantitative estimate of drug-likeness (QED) is 0.815. The monoisotopic (exact) mass is 385 g/mol. The van der Waals surface area contributed by atoms with Gasteiger partial charge in [0, 0.05) is 15.5 Å². The van der Waals surface area contributed by atoms with Crippen molar-refractivity contribution in [3.8, 4) is 0 Å². The number of sulfonamides is 1. The number of halogens is 2. The molecule has 0 aliphatic carbocycles. The van der Waals surface area contributed by atoms with Crippen LogP contribution in [0.1, 0.15) is 13.3 Å². The predicted molar refractivity (Wildman–Crippen MR) is 73.3 cm³/mol. The van der Waals surface area contributed by atoms with Crippen LogP contribution in [-0.2, 0) is 10.0 Å². The molecule has 96 valence electrons. The first kappa shape index (κ1) is 15.1. The Bertz CT molecular complexity index is 488. The predicted octanol–water partition coefficient (Wildman–Crippen LogP) is 2.26. The van der Waals surface area contributed by atoms with Crippen LogP contribution in [0.3, 0.4) is 0 Å². The van der Waals surface area contributed by atoms with Crippen LogP contribution in [0.15, 0.2) is 32.0 Å². The Balaban J connectivity index is 2.83. The zero-order valence-electron chi connectivity index (χ0n) is 9.15. The maximum atomic E-state index is 11.9. The van der Waals surface area contributed by atoms with E-state index in [1.165, 1.54) is 6.07 Å². The number of rotatable bonds is 5. The fourth-order valence-electron chi connectivity index (χ4n) is 1.17. The SMILES string of the molecule is CC(O)CCNS(=O)(=O)c1ccc(Br)cc1Br. The third-order valence-corrected chi connectivity index (χ3v) is 4.97. The average Bonchev–Trinajstić information content (AvgIpc) is 2.15. The summed E-state index contributed by atoms with van der Waals surface area (Å²) in [7, 11) is -3.53. The Labute approximate surface area is 118 Å². The van der Waals surface area contributed by atoms with Gasteiger partial charge in [0.15, 0.2) is 0 Å². The lowest BCUT2D eigenvalue weighted by atomic mass is 10.3. The van der Waals surface area contributed by atoms with Crippen molar-refractivity contribution in [1.29, 1.82) is 0 Å². The van der Waals surface area contributed by atoms with Gasteiger partial charge in [0.1, 0.15) is 0 Å². The van der Waals surface area contributed by atoms with E-state index in [1.54, 1.807) is 19.1 Å². The molecule has 0 saturated carbocycles. The van der Waals surface area contributed by atoms with E-state index in [1.807, 2.05) is 0 Å². The summed E-state index contributed by atoms with van der Waals surface area (Å²) in [5.74, 6) is 0. The molecule has 0 spiro atoms. The topological polar surface area (TPSA) is 66.4 Å². The normalized spacial score (nSPS) is 13.6. The van der Waals surface area contributed by atoms with Gasteiger partial charge in [-0.05, 0) is 47.5 Å². The van der Waals surface area contributed by atoms with Crippen molar-refractivity contribution in [3.63, 3.8) is 0 Å². The van der Waals surface area contributed by atoms with E-state index in [0.29, 0.717) is 10.9 Å². The second-order valence-electron chi connectivity index (χ2n) is 3.61. The van der Waals surface area contributed by atoms with Crippen molar-refractivity contribution in [3.05, 3.63) is 27.1 Å². The molecule has 0 fully saturated rings. The van der Waals surface area contributed by atoms with Crippen LogP contribution in [0.25, 0.3) is 0 Å². The molecule has 0 amide bonds. The fraction of sp³-hybridized carbons (Fsp3) is 0.400. The third-order valence-electron chi connectivity index (χ3n) is 2.04. The Morgan fingerprint density at radius 1 is 1.41 bits per heavy atom. The van der Waals surface area contributed by atoms with Gasteiger partial charge in [-0.2, -0.15) is 0 Å². The van der Waals surface area contributed by atoms with E-state index in [0.717, 1.165) is 4.47 Å². The molecule has 0 heterocycles. The minimum atomic E-state index is -3.53. The summed E-state index contributed by atoms with van der Waals surface area (Å²) in [5.41, 5.74) is 0. The summed E-state index contributed by atoms with van der Waals surface area (Å²) < 4.78 is 27.5. The molecule has 2 N–H and O–H groups in total. The molecule has 7 heteroatoms. The van der Waals surface area contributed by atoms with Gasteiger partial charge in [-0.25, -0.2) is 13.1 Å². The number of nitrogens with one attached hydrogen (secondary N) is 1. The van der Waals surface area contributed by atoms with Crippen LogP contribution >= 0.6 is 31.9 Å². The summed E-state index contributed by atoms with van der Waals surface area (Å²) in [6.45, 7) is 1.83. The maximum absolute atomic E-state index is 11.9. The molecule has 0 saturated heterocycles. The molecule has 0 aliphatic rings. The molecular weight excluding hydrogens is 374 g/mol. The van der Waals surface area contributed by atoms with Crippen LogP contribution < -0.4 is 4.72 Å². The number of benzene rings is 1. The summed E-state index contributed by atoms with van der Waals surface area (Å²) in [6, 6.07) is 4.84. The van der Waals surface area contributed by atoms with Crippen LogP contribution in [0, 0.1) is 0 Å². The number of aliphatic hydroxyl groups is 1. The Morgan fingerprint density at radius 3 is 2.59 bits per heavy atom. The standard InChI is InChI=1S/C10H13Br2NO3S/c1-7(14)4-5-13-17(15,16)10-3-2-8(11)6-9(10)12/h2-3,6-7,13-14H,4-5H2,1H3. The first-order chi connectivity index (χ1) is 7.83. The second-order valence-corrected chi connectivity index (χ2v) is 7.12. The molecule has 1 unspecified atom stereocenters. The molecule has 0 aromatic heterocycles. The van der Waals surface area contributed by atoms with E-state index in [4.69, 9.17) is 5.11 Å². The highest BCUT2D eigenvalue weighted by Crippen LogP contribution is 2.25. The Hall–Kier alpha value is 0.0500. The second kappa shape index (κ2) is 6.29. The molecule has 1 aromatic rings. The number of hydrogen-bond donors (Lipinski definition) is 2. The van der Waals surface area contributed by atoms with Gasteiger partial charge < -0.3 is 5.11 Å². The van der Waals surface area contributed by atoms with Gasteiger partial charge in [-0.1, -0.05) is 15.9 Å². The zero-order chi connectivity index (χ0) is 13.1. The molecule has 4 nitrogen and oxygen atoms in total. The largest absolute Gasteiger partial charge is 0.393 e. The minimum Gasteiger partial charge on any atom is -0.393 e. The minimum absolute atomic E-state index is 0.186. The lowest BCUT2D eigenvalue weighted by Gasteiger charge is -2.09. The molecule has 17 heavy (non-hydrogen) atoms. The highest BCUT2D eigenvalue weighted by atomic mass is 79.9. The zero-order valence-corrected chi connectivity index (χ0v) is 13.1. The van der Waals surface area contributed by atoms with E-state index in [2.05, 4.69) is 36.6 Å². The molecule has 0 bridgehead atoms. The maximum Gasteiger partial charge on any atom is 0.241 e. The first-order valence-electron chi connectivity index (χ1n) is 4.95. The van der Waals surface area contributed by atoms with E-state index < -0.39 is 16.1 Å². The first-order valence-corrected chi connectivity index (χ1v) is 8.02. The highest BCUT2D eigenvalue weighted by Gasteiger charge is 2.17.